The molecule has 0 radical (unpaired) electrons. The Bertz CT molecular complexity index is 501. The molecule has 164 valence electrons. The summed E-state index contributed by atoms with van der Waals surface area (Å²) in [6.07, 6.45) is 3.50. The molecule has 0 bridgehead atoms. The van der Waals surface area contributed by atoms with Crippen LogP contribution in [0, 0.1) is 0 Å². The van der Waals surface area contributed by atoms with Crippen molar-refractivity contribution in [3.63, 3.8) is 0 Å². The maximum Gasteiger partial charge on any atom is 0.189 e. The number of aliphatic hydroxyl groups is 3. The number of hydrogen-bond donors (Lipinski definition) is 3. The second-order valence-electron chi connectivity index (χ2n) is 6.02. The molecule has 0 atom stereocenters. The molecule has 0 heterocycles. The van der Waals surface area contributed by atoms with E-state index >= 15 is 0 Å². The average Bonchev–Trinajstić information content (AvgIpc) is 2.46. The second-order valence-corrected chi connectivity index (χ2v) is 6.02. The minimum atomic E-state index is -0.152. The van der Waals surface area contributed by atoms with Gasteiger partial charge in [0.05, 0.1) is 0 Å². The summed E-state index contributed by atoms with van der Waals surface area (Å²) in [5, 5.41) is 26.6. The Hall–Kier alpha value is -2.45. The largest absolute Gasteiger partial charge is 0.495 e. The van der Waals surface area contributed by atoms with Gasteiger partial charge in [-0.1, -0.05) is 0 Å². The predicted molar refractivity (Wildman–Crippen MR) is 105 cm³/mol. The normalized spacial score (nSPS) is 10.8. The Morgan fingerprint density at radius 2 is 0.679 bits per heavy atom. The van der Waals surface area contributed by atoms with E-state index in [0.29, 0.717) is 0 Å². The molecule has 0 fully saturated rings. The van der Waals surface area contributed by atoms with Crippen LogP contribution in [0.4, 0.5) is 0 Å². The number of ketones is 3. The average molecular weight is 443 g/mol. The van der Waals surface area contributed by atoms with E-state index < -0.39 is 0 Å². The van der Waals surface area contributed by atoms with E-state index in [-0.39, 0.29) is 52.1 Å². The number of carbonyl (C=O) groups excluding carboxylic acids is 3. The summed E-state index contributed by atoms with van der Waals surface area (Å²) >= 11 is 0. The molecule has 0 aliphatic carbocycles. The first-order valence-corrected chi connectivity index (χ1v) is 7.87. The maximum absolute atomic E-state index is 10.3. The quantitative estimate of drug-likeness (QED) is 0.319. The molecule has 0 aliphatic rings. The van der Waals surface area contributed by atoms with Crippen molar-refractivity contribution in [1.29, 1.82) is 0 Å². The van der Waals surface area contributed by atoms with Crippen LogP contribution in [0.25, 0.3) is 0 Å². The number of aliphatic hydroxyl groups excluding tert-OH is 3. The second kappa shape index (κ2) is 17.9. The van der Waals surface area contributed by atoms with Gasteiger partial charge >= 0.3 is 0 Å². The van der Waals surface area contributed by atoms with Crippen molar-refractivity contribution >= 4 is 17.3 Å². The van der Waals surface area contributed by atoms with E-state index in [1.54, 1.807) is 42.3 Å². The van der Waals surface area contributed by atoms with E-state index in [2.05, 4.69) is 0 Å². The summed E-state index contributed by atoms with van der Waals surface area (Å²) in [5.74, 6) is -0.490. The fourth-order valence-electron chi connectivity index (χ4n) is 0.933. The third-order valence-corrected chi connectivity index (χ3v) is 2.37. The molecule has 10 heteroatoms. The van der Waals surface area contributed by atoms with Crippen molar-refractivity contribution in [3.05, 3.63) is 35.9 Å². The number of hydrogen-bond acceptors (Lipinski definition) is 9. The fraction of sp³-hybridized carbons (Fsp3) is 0.500. The Kier molecular flexibility index (Phi) is 21.2. The molecule has 3 N–H and O–H groups in total. The van der Waals surface area contributed by atoms with E-state index in [1.165, 1.54) is 53.7 Å². The van der Waals surface area contributed by atoms with Gasteiger partial charge in [-0.05, 0) is 20.8 Å². The van der Waals surface area contributed by atoms with E-state index in [4.69, 9.17) is 15.3 Å². The van der Waals surface area contributed by atoms with Crippen LogP contribution in [0.1, 0.15) is 20.8 Å². The summed E-state index contributed by atoms with van der Waals surface area (Å²) in [7, 11) is 9.97. The first-order valence-electron chi connectivity index (χ1n) is 7.87. The molecule has 0 aromatic rings. The molecular formula is C18H33FeN3O6. The minimum absolute atomic E-state index is 0. The third kappa shape index (κ3) is 25.8. The van der Waals surface area contributed by atoms with E-state index in [0.717, 1.165) is 0 Å². The van der Waals surface area contributed by atoms with Gasteiger partial charge in [-0.25, -0.2) is 0 Å². The van der Waals surface area contributed by atoms with Gasteiger partial charge in [-0.2, -0.15) is 0 Å². The van der Waals surface area contributed by atoms with Crippen LogP contribution in [0.3, 0.4) is 0 Å². The number of carbonyl (C=O) groups is 3. The zero-order chi connectivity index (χ0) is 22.3. The third-order valence-electron chi connectivity index (χ3n) is 2.37. The van der Waals surface area contributed by atoms with Crippen molar-refractivity contribution in [2.75, 3.05) is 42.3 Å². The molecule has 0 aromatic heterocycles. The monoisotopic (exact) mass is 443 g/mol. The molecular weight excluding hydrogens is 410 g/mol. The summed E-state index contributed by atoms with van der Waals surface area (Å²) in [6, 6.07) is 0. The summed E-state index contributed by atoms with van der Waals surface area (Å²) < 4.78 is 0. The van der Waals surface area contributed by atoms with Gasteiger partial charge in [0.15, 0.2) is 35.0 Å². The molecule has 28 heavy (non-hydrogen) atoms. The van der Waals surface area contributed by atoms with Crippen LogP contribution in [-0.2, 0) is 31.5 Å². The van der Waals surface area contributed by atoms with Crippen LogP contribution < -0.4 is 0 Å². The van der Waals surface area contributed by atoms with Gasteiger partial charge in [0, 0.05) is 77.6 Å². The fourth-order valence-corrected chi connectivity index (χ4v) is 0.933. The van der Waals surface area contributed by atoms with Crippen molar-refractivity contribution in [2.45, 2.75) is 20.8 Å². The summed E-state index contributed by atoms with van der Waals surface area (Å²) in [5.41, 5.74) is 0. The van der Waals surface area contributed by atoms with Crippen LogP contribution in [0.2, 0.25) is 0 Å². The molecule has 0 saturated heterocycles. The van der Waals surface area contributed by atoms with Crippen molar-refractivity contribution in [3.8, 4) is 0 Å². The Morgan fingerprint density at radius 3 is 0.714 bits per heavy atom. The van der Waals surface area contributed by atoms with Gasteiger partial charge in [0.25, 0.3) is 0 Å². The van der Waals surface area contributed by atoms with E-state index in [9.17, 15) is 14.4 Å². The minimum Gasteiger partial charge on any atom is -0.495 e. The van der Waals surface area contributed by atoms with Gasteiger partial charge < -0.3 is 30.0 Å². The first-order chi connectivity index (χ1) is 12.1. The van der Waals surface area contributed by atoms with Gasteiger partial charge in [0.2, 0.25) is 0 Å². The molecule has 0 rings (SSSR count). The molecule has 0 unspecified atom stereocenters. The predicted octanol–water partition coefficient (Wildman–Crippen LogP) is 1.61. The summed E-state index contributed by atoms with van der Waals surface area (Å²) in [6.45, 7) is 4.17. The Labute approximate surface area is 178 Å². The standard InChI is InChI=1S/3C6H11NO2.Fe/c3*1-5(8)4-6(9)7(2)3;/h3*4,9H,1-3H3;. The number of rotatable bonds is 6. The van der Waals surface area contributed by atoms with Crippen LogP contribution in [-0.4, -0.2) is 89.7 Å². The zero-order valence-electron chi connectivity index (χ0n) is 18.0. The molecule has 0 aliphatic heterocycles. The SMILES string of the molecule is CC(=O)C=C(O)N(C)C.CC(=O)C=C(O)N(C)C.CC(=O)C=C(O)N(C)C.[Fe]. The van der Waals surface area contributed by atoms with E-state index in [1.807, 2.05) is 0 Å². The topological polar surface area (TPSA) is 122 Å². The van der Waals surface area contributed by atoms with Gasteiger partial charge in [-0.3, -0.25) is 14.4 Å². The van der Waals surface area contributed by atoms with Gasteiger partial charge in [0.1, 0.15) is 0 Å². The van der Waals surface area contributed by atoms with Crippen LogP contribution in [0.15, 0.2) is 35.9 Å². The molecule has 9 nitrogen and oxygen atoms in total. The van der Waals surface area contributed by atoms with Gasteiger partial charge in [-0.15, -0.1) is 0 Å². The van der Waals surface area contributed by atoms with Crippen LogP contribution >= 0.6 is 0 Å². The molecule has 0 saturated carbocycles. The van der Waals surface area contributed by atoms with Crippen molar-refractivity contribution < 1.29 is 46.8 Å². The number of allylic oxidation sites excluding steroid dienone is 3. The Balaban J connectivity index is -0.000000152. The molecule has 0 spiro atoms. The van der Waals surface area contributed by atoms with Crippen molar-refractivity contribution in [2.24, 2.45) is 0 Å². The zero-order valence-corrected chi connectivity index (χ0v) is 19.1. The smallest absolute Gasteiger partial charge is 0.189 e. The maximum atomic E-state index is 10.3. The van der Waals surface area contributed by atoms with Crippen LogP contribution in [0.5, 0.6) is 0 Å². The Morgan fingerprint density at radius 1 is 0.536 bits per heavy atom. The molecule has 0 amide bonds. The van der Waals surface area contributed by atoms with Crippen molar-refractivity contribution in [1.82, 2.24) is 14.7 Å². The number of nitrogens with zero attached hydrogens (tertiary/aromatic N) is 3. The summed E-state index contributed by atoms with van der Waals surface area (Å²) in [4.78, 5) is 35.3. The molecule has 0 aromatic carbocycles. The first kappa shape index (κ1) is 33.2.